The van der Waals surface area contributed by atoms with Gasteiger partial charge in [-0.3, -0.25) is 4.79 Å². The highest BCUT2D eigenvalue weighted by atomic mass is 35.5. The molecule has 0 radical (unpaired) electrons. The van der Waals surface area contributed by atoms with Crippen molar-refractivity contribution in [3.8, 4) is 0 Å². The maximum atomic E-state index is 12.2. The molecule has 2 fully saturated rings. The summed E-state index contributed by atoms with van der Waals surface area (Å²) < 4.78 is 0. The number of amides is 1. The number of benzene rings is 1. The van der Waals surface area contributed by atoms with E-state index in [1.807, 2.05) is 31.2 Å². The fourth-order valence-electron chi connectivity index (χ4n) is 3.95. The molecule has 3 rings (SSSR count). The van der Waals surface area contributed by atoms with Gasteiger partial charge in [0.1, 0.15) is 0 Å². The minimum atomic E-state index is -0.00839. The lowest BCUT2D eigenvalue weighted by molar-refractivity contribution is -0.117. The number of nitrogens with one attached hydrogen (secondary N) is 1. The van der Waals surface area contributed by atoms with Crippen molar-refractivity contribution in [2.24, 2.45) is 5.92 Å². The number of hydrogen-bond acceptors (Lipinski definition) is 2. The molecule has 3 nitrogen and oxygen atoms in total. The largest absolute Gasteiger partial charge is 0.350 e. The van der Waals surface area contributed by atoms with Crippen molar-refractivity contribution < 1.29 is 4.79 Å². The summed E-state index contributed by atoms with van der Waals surface area (Å²) in [6.45, 7) is 5.45. The van der Waals surface area contributed by atoms with Gasteiger partial charge < -0.3 is 10.2 Å². The smallest absolute Gasteiger partial charge is 0.244 e. The number of rotatable bonds is 5. The molecule has 1 aromatic carbocycles. The summed E-state index contributed by atoms with van der Waals surface area (Å²) in [7, 11) is 0. The van der Waals surface area contributed by atoms with Crippen molar-refractivity contribution in [3.63, 3.8) is 0 Å². The van der Waals surface area contributed by atoms with E-state index < -0.39 is 0 Å². The first-order chi connectivity index (χ1) is 12.1. The molecule has 0 aromatic heterocycles. The van der Waals surface area contributed by atoms with Crippen LogP contribution >= 0.6 is 11.6 Å². The molecule has 1 amide bonds. The van der Waals surface area contributed by atoms with Crippen LogP contribution < -0.4 is 5.32 Å². The van der Waals surface area contributed by atoms with Crippen LogP contribution in [0, 0.1) is 12.8 Å². The van der Waals surface area contributed by atoms with E-state index in [0.29, 0.717) is 6.04 Å². The van der Waals surface area contributed by atoms with Crippen LogP contribution in [-0.4, -0.2) is 36.5 Å². The van der Waals surface area contributed by atoms with Crippen LogP contribution in [-0.2, 0) is 4.79 Å². The van der Waals surface area contributed by atoms with Gasteiger partial charge in [-0.1, -0.05) is 36.6 Å². The molecule has 1 saturated carbocycles. The zero-order chi connectivity index (χ0) is 17.6. The van der Waals surface area contributed by atoms with E-state index in [9.17, 15) is 4.79 Å². The molecule has 0 spiro atoms. The Morgan fingerprint density at radius 3 is 2.64 bits per heavy atom. The Morgan fingerprint density at radius 1 is 1.24 bits per heavy atom. The summed E-state index contributed by atoms with van der Waals surface area (Å²) in [5.74, 6) is 0.904. The van der Waals surface area contributed by atoms with Crippen LogP contribution in [0.1, 0.15) is 49.7 Å². The Labute approximate surface area is 156 Å². The minimum Gasteiger partial charge on any atom is -0.350 e. The Morgan fingerprint density at radius 2 is 1.96 bits per heavy atom. The first kappa shape index (κ1) is 18.5. The molecule has 0 unspecified atom stereocenters. The summed E-state index contributed by atoms with van der Waals surface area (Å²) in [5, 5.41) is 3.88. The van der Waals surface area contributed by atoms with E-state index >= 15 is 0 Å². The Kier molecular flexibility index (Phi) is 6.55. The Balaban J connectivity index is 1.41. The summed E-state index contributed by atoms with van der Waals surface area (Å²) in [6.07, 6.45) is 11.2. The van der Waals surface area contributed by atoms with Crippen molar-refractivity contribution in [2.45, 2.75) is 51.5 Å². The second kappa shape index (κ2) is 8.86. The van der Waals surface area contributed by atoms with Crippen LogP contribution in [0.5, 0.6) is 0 Å². The molecule has 2 aliphatic rings. The fourth-order valence-corrected chi connectivity index (χ4v) is 4.14. The lowest BCUT2D eigenvalue weighted by Gasteiger charge is -2.33. The van der Waals surface area contributed by atoms with E-state index in [2.05, 4.69) is 10.2 Å². The van der Waals surface area contributed by atoms with Crippen molar-refractivity contribution >= 4 is 23.6 Å². The SMILES string of the molecule is Cc1ccc(C=CC(=O)NC2CCN(CC3CCCC3)CC2)cc1Cl. The van der Waals surface area contributed by atoms with Gasteiger partial charge in [-0.2, -0.15) is 0 Å². The van der Waals surface area contributed by atoms with Crippen molar-refractivity contribution in [1.82, 2.24) is 10.2 Å². The molecule has 1 N–H and O–H groups in total. The summed E-state index contributed by atoms with van der Waals surface area (Å²) in [6, 6.07) is 6.15. The Hall–Kier alpha value is -1.32. The molecule has 1 saturated heterocycles. The standard InChI is InChI=1S/C21H29ClN2O/c1-16-6-7-17(14-20(16)22)8-9-21(25)23-19-10-12-24(13-11-19)15-18-4-2-3-5-18/h6-9,14,18-19H,2-5,10-13,15H2,1H3,(H,23,25). The van der Waals surface area contributed by atoms with Gasteiger partial charge >= 0.3 is 0 Å². The van der Waals surface area contributed by atoms with Gasteiger partial charge in [0.25, 0.3) is 0 Å². The molecular formula is C21H29ClN2O. The third-order valence-electron chi connectivity index (χ3n) is 5.55. The highest BCUT2D eigenvalue weighted by Gasteiger charge is 2.23. The van der Waals surface area contributed by atoms with Gasteiger partial charge in [-0.25, -0.2) is 0 Å². The predicted molar refractivity (Wildman–Crippen MR) is 105 cm³/mol. The maximum absolute atomic E-state index is 12.2. The first-order valence-corrected chi connectivity index (χ1v) is 9.95. The first-order valence-electron chi connectivity index (χ1n) is 9.57. The van der Waals surface area contributed by atoms with E-state index in [4.69, 9.17) is 11.6 Å². The van der Waals surface area contributed by atoms with Gasteiger partial charge in [-0.05, 0) is 61.8 Å². The molecule has 0 bridgehead atoms. The zero-order valence-electron chi connectivity index (χ0n) is 15.1. The molecule has 1 heterocycles. The zero-order valence-corrected chi connectivity index (χ0v) is 15.9. The van der Waals surface area contributed by atoms with E-state index in [0.717, 1.165) is 48.0 Å². The van der Waals surface area contributed by atoms with Gasteiger partial charge in [0.2, 0.25) is 5.91 Å². The molecule has 1 aromatic rings. The van der Waals surface area contributed by atoms with Crippen molar-refractivity contribution in [2.75, 3.05) is 19.6 Å². The van der Waals surface area contributed by atoms with Crippen LogP contribution in [0.3, 0.4) is 0 Å². The van der Waals surface area contributed by atoms with Crippen molar-refractivity contribution in [3.05, 3.63) is 40.4 Å². The average molecular weight is 361 g/mol. The summed E-state index contributed by atoms with van der Waals surface area (Å²) in [5.41, 5.74) is 2.00. The number of halogens is 1. The van der Waals surface area contributed by atoms with Gasteiger partial charge in [0, 0.05) is 36.8 Å². The topological polar surface area (TPSA) is 32.3 Å². The van der Waals surface area contributed by atoms with E-state index in [-0.39, 0.29) is 5.91 Å². The summed E-state index contributed by atoms with van der Waals surface area (Å²) >= 11 is 6.12. The highest BCUT2D eigenvalue weighted by molar-refractivity contribution is 6.31. The number of carbonyl (C=O) groups excluding carboxylic acids is 1. The van der Waals surface area contributed by atoms with Crippen molar-refractivity contribution in [1.29, 1.82) is 0 Å². The van der Waals surface area contributed by atoms with Gasteiger partial charge in [0.05, 0.1) is 0 Å². The molecule has 25 heavy (non-hydrogen) atoms. The lowest BCUT2D eigenvalue weighted by atomic mass is 10.0. The van der Waals surface area contributed by atoms with Gasteiger partial charge in [0.15, 0.2) is 0 Å². The number of likely N-dealkylation sites (tertiary alicyclic amines) is 1. The van der Waals surface area contributed by atoms with E-state index in [1.165, 1.54) is 32.2 Å². The third kappa shape index (κ3) is 5.58. The quantitative estimate of drug-likeness (QED) is 0.787. The van der Waals surface area contributed by atoms with E-state index in [1.54, 1.807) is 6.08 Å². The molecule has 0 atom stereocenters. The normalized spacial score (nSPS) is 20.4. The van der Waals surface area contributed by atoms with Gasteiger partial charge in [-0.15, -0.1) is 0 Å². The number of carbonyl (C=O) groups is 1. The Bertz CT molecular complexity index is 614. The minimum absolute atomic E-state index is 0.00839. The van der Waals surface area contributed by atoms with Crippen LogP contribution in [0.15, 0.2) is 24.3 Å². The van der Waals surface area contributed by atoms with Crippen LogP contribution in [0.25, 0.3) is 6.08 Å². The maximum Gasteiger partial charge on any atom is 0.244 e. The van der Waals surface area contributed by atoms with Crippen LogP contribution in [0.2, 0.25) is 5.02 Å². The van der Waals surface area contributed by atoms with Crippen LogP contribution in [0.4, 0.5) is 0 Å². The monoisotopic (exact) mass is 360 g/mol. The molecule has 1 aliphatic carbocycles. The number of hydrogen-bond donors (Lipinski definition) is 1. The number of nitrogens with zero attached hydrogens (tertiary/aromatic N) is 1. The average Bonchev–Trinajstić information content (AvgIpc) is 3.11. The number of piperidine rings is 1. The fraction of sp³-hybridized carbons (Fsp3) is 0.571. The molecule has 4 heteroatoms. The summed E-state index contributed by atoms with van der Waals surface area (Å²) in [4.78, 5) is 14.7. The predicted octanol–water partition coefficient (Wildman–Crippen LogP) is 4.43. The molecular weight excluding hydrogens is 332 g/mol. The second-order valence-corrected chi connectivity index (χ2v) is 7.98. The third-order valence-corrected chi connectivity index (χ3v) is 5.96. The lowest BCUT2D eigenvalue weighted by Crippen LogP contribution is -2.45. The number of aryl methyl sites for hydroxylation is 1. The molecule has 136 valence electrons. The second-order valence-electron chi connectivity index (χ2n) is 7.58. The molecule has 1 aliphatic heterocycles. The highest BCUT2D eigenvalue weighted by Crippen LogP contribution is 2.26.